The van der Waals surface area contributed by atoms with E-state index in [1.807, 2.05) is 0 Å². The van der Waals surface area contributed by atoms with Gasteiger partial charge >= 0.3 is 0 Å². The predicted octanol–water partition coefficient (Wildman–Crippen LogP) is 1.33. The smallest absolute Gasteiger partial charge is 0.0477 e. The van der Waals surface area contributed by atoms with Crippen LogP contribution < -0.4 is 5.73 Å². The van der Waals surface area contributed by atoms with Gasteiger partial charge in [-0.2, -0.15) is 0 Å². The Balaban J connectivity index is 2.17. The number of nitrogens with two attached hydrogens (primary N) is 1. The van der Waals surface area contributed by atoms with E-state index in [4.69, 9.17) is 10.5 Å². The highest BCUT2D eigenvalue weighted by molar-refractivity contribution is 4.80. The molecule has 0 bridgehead atoms. The molecule has 0 aromatic carbocycles. The van der Waals surface area contributed by atoms with E-state index in [1.165, 1.54) is 19.5 Å². The van der Waals surface area contributed by atoms with Crippen molar-refractivity contribution in [3.8, 4) is 0 Å². The van der Waals surface area contributed by atoms with Gasteiger partial charge < -0.3 is 15.4 Å². The summed E-state index contributed by atoms with van der Waals surface area (Å²) in [4.78, 5) is 2.50. The molecule has 0 radical (unpaired) electrons. The van der Waals surface area contributed by atoms with E-state index in [2.05, 4.69) is 18.7 Å². The van der Waals surface area contributed by atoms with Crippen molar-refractivity contribution < 1.29 is 4.74 Å². The topological polar surface area (TPSA) is 38.5 Å². The maximum atomic E-state index is 6.04. The number of likely N-dealkylation sites (tertiary alicyclic amines) is 1. The highest BCUT2D eigenvalue weighted by Gasteiger charge is 2.25. The molecule has 0 aromatic rings. The molecule has 3 nitrogen and oxygen atoms in total. The zero-order valence-electron chi connectivity index (χ0n) is 10.4. The third-order valence-corrected chi connectivity index (χ3v) is 3.44. The Kier molecular flexibility index (Phi) is 5.58. The van der Waals surface area contributed by atoms with E-state index >= 15 is 0 Å². The minimum atomic E-state index is 0.274. The van der Waals surface area contributed by atoms with Crippen LogP contribution in [0, 0.1) is 11.8 Å². The molecule has 2 unspecified atom stereocenters. The molecule has 0 spiro atoms. The van der Waals surface area contributed by atoms with Crippen LogP contribution in [-0.4, -0.2) is 44.3 Å². The second-order valence-corrected chi connectivity index (χ2v) is 5.09. The molecule has 0 saturated carbocycles. The monoisotopic (exact) mass is 214 g/mol. The van der Waals surface area contributed by atoms with E-state index in [0.29, 0.717) is 0 Å². The fraction of sp³-hybridized carbons (Fsp3) is 1.00. The summed E-state index contributed by atoms with van der Waals surface area (Å²) in [5.74, 6) is 1.69. The van der Waals surface area contributed by atoms with Crippen molar-refractivity contribution in [2.24, 2.45) is 17.6 Å². The third-order valence-electron chi connectivity index (χ3n) is 3.44. The van der Waals surface area contributed by atoms with Crippen LogP contribution in [-0.2, 0) is 4.74 Å². The Morgan fingerprint density at radius 1 is 1.47 bits per heavy atom. The van der Waals surface area contributed by atoms with Gasteiger partial charge in [0, 0.05) is 32.8 Å². The Hall–Kier alpha value is -0.120. The minimum Gasteiger partial charge on any atom is -0.385 e. The van der Waals surface area contributed by atoms with Gasteiger partial charge in [0.15, 0.2) is 0 Å². The lowest BCUT2D eigenvalue weighted by atomic mass is 9.95. The predicted molar refractivity (Wildman–Crippen MR) is 63.9 cm³/mol. The fourth-order valence-electron chi connectivity index (χ4n) is 2.26. The molecule has 2 atom stereocenters. The molecule has 0 aliphatic carbocycles. The van der Waals surface area contributed by atoms with E-state index in [9.17, 15) is 0 Å². The van der Waals surface area contributed by atoms with Gasteiger partial charge in [0.25, 0.3) is 0 Å². The van der Waals surface area contributed by atoms with Gasteiger partial charge in [-0.15, -0.1) is 0 Å². The average Bonchev–Trinajstić information content (AvgIpc) is 2.63. The molecular weight excluding hydrogens is 188 g/mol. The van der Waals surface area contributed by atoms with Crippen molar-refractivity contribution in [3.05, 3.63) is 0 Å². The maximum absolute atomic E-state index is 6.04. The van der Waals surface area contributed by atoms with Crippen LogP contribution >= 0.6 is 0 Å². The molecule has 3 heteroatoms. The SMILES string of the molecule is COCCC(N)CN1CCC(C(C)C)C1. The van der Waals surface area contributed by atoms with E-state index in [1.54, 1.807) is 7.11 Å². The van der Waals surface area contributed by atoms with Crippen LogP contribution in [0.3, 0.4) is 0 Å². The molecule has 0 aromatic heterocycles. The summed E-state index contributed by atoms with van der Waals surface area (Å²) < 4.78 is 5.04. The molecule has 0 amide bonds. The molecule has 1 aliphatic heterocycles. The van der Waals surface area contributed by atoms with Crippen molar-refractivity contribution in [1.82, 2.24) is 4.90 Å². The second-order valence-electron chi connectivity index (χ2n) is 5.09. The molecule has 1 fully saturated rings. The Morgan fingerprint density at radius 2 is 2.20 bits per heavy atom. The van der Waals surface area contributed by atoms with Gasteiger partial charge in [0.05, 0.1) is 0 Å². The van der Waals surface area contributed by atoms with Gasteiger partial charge in [0.2, 0.25) is 0 Å². The summed E-state index contributed by atoms with van der Waals surface area (Å²) in [6.07, 6.45) is 2.31. The van der Waals surface area contributed by atoms with Crippen LogP contribution in [0.5, 0.6) is 0 Å². The summed E-state index contributed by atoms with van der Waals surface area (Å²) >= 11 is 0. The Labute approximate surface area is 94.0 Å². The number of methoxy groups -OCH3 is 1. The summed E-state index contributed by atoms with van der Waals surface area (Å²) in [7, 11) is 1.73. The summed E-state index contributed by atoms with van der Waals surface area (Å²) in [6, 6.07) is 0.274. The highest BCUT2D eigenvalue weighted by Crippen LogP contribution is 2.23. The van der Waals surface area contributed by atoms with Crippen LogP contribution in [0.4, 0.5) is 0 Å². The lowest BCUT2D eigenvalue weighted by Gasteiger charge is -2.21. The Bertz CT molecular complexity index is 173. The van der Waals surface area contributed by atoms with Gasteiger partial charge in [-0.3, -0.25) is 0 Å². The third kappa shape index (κ3) is 4.49. The molecule has 2 N–H and O–H groups in total. The van der Waals surface area contributed by atoms with Crippen LogP contribution in [0.2, 0.25) is 0 Å². The molecule has 15 heavy (non-hydrogen) atoms. The molecule has 1 heterocycles. The molecule has 1 saturated heterocycles. The summed E-state index contributed by atoms with van der Waals surface area (Å²) in [6.45, 7) is 8.91. The zero-order chi connectivity index (χ0) is 11.3. The molecular formula is C12H26N2O. The quantitative estimate of drug-likeness (QED) is 0.725. The van der Waals surface area contributed by atoms with Crippen LogP contribution in [0.1, 0.15) is 26.7 Å². The lowest BCUT2D eigenvalue weighted by Crippen LogP contribution is -2.37. The Morgan fingerprint density at radius 3 is 2.73 bits per heavy atom. The summed E-state index contributed by atoms with van der Waals surface area (Å²) in [5.41, 5.74) is 6.04. The van der Waals surface area contributed by atoms with Crippen molar-refractivity contribution >= 4 is 0 Å². The number of hydrogen-bond acceptors (Lipinski definition) is 3. The van der Waals surface area contributed by atoms with Gasteiger partial charge in [-0.05, 0) is 31.2 Å². The largest absolute Gasteiger partial charge is 0.385 e. The first-order valence-electron chi connectivity index (χ1n) is 6.10. The van der Waals surface area contributed by atoms with Crippen molar-refractivity contribution in [1.29, 1.82) is 0 Å². The summed E-state index contributed by atoms with van der Waals surface area (Å²) in [5, 5.41) is 0. The van der Waals surface area contributed by atoms with Gasteiger partial charge in [-0.1, -0.05) is 13.8 Å². The number of rotatable bonds is 6. The normalized spacial score (nSPS) is 25.0. The first-order chi connectivity index (χ1) is 7.13. The van der Waals surface area contributed by atoms with Crippen LogP contribution in [0.25, 0.3) is 0 Å². The van der Waals surface area contributed by atoms with Gasteiger partial charge in [-0.25, -0.2) is 0 Å². The molecule has 90 valence electrons. The maximum Gasteiger partial charge on any atom is 0.0477 e. The first kappa shape index (κ1) is 12.9. The minimum absolute atomic E-state index is 0.274. The highest BCUT2D eigenvalue weighted by atomic mass is 16.5. The van der Waals surface area contributed by atoms with Crippen LogP contribution in [0.15, 0.2) is 0 Å². The van der Waals surface area contributed by atoms with Crippen molar-refractivity contribution in [2.75, 3.05) is 33.4 Å². The van der Waals surface area contributed by atoms with E-state index < -0.39 is 0 Å². The lowest BCUT2D eigenvalue weighted by molar-refractivity contribution is 0.178. The van der Waals surface area contributed by atoms with Crippen molar-refractivity contribution in [2.45, 2.75) is 32.7 Å². The molecule has 1 rings (SSSR count). The second kappa shape index (κ2) is 6.46. The fourth-order valence-corrected chi connectivity index (χ4v) is 2.26. The zero-order valence-corrected chi connectivity index (χ0v) is 10.4. The standard InChI is InChI=1S/C12H26N2O/c1-10(2)11-4-6-14(8-11)9-12(13)5-7-15-3/h10-12H,4-9,13H2,1-3H3. The molecule has 1 aliphatic rings. The van der Waals surface area contributed by atoms with E-state index in [-0.39, 0.29) is 6.04 Å². The van der Waals surface area contributed by atoms with Gasteiger partial charge in [0.1, 0.15) is 0 Å². The van der Waals surface area contributed by atoms with Crippen molar-refractivity contribution in [3.63, 3.8) is 0 Å². The number of hydrogen-bond donors (Lipinski definition) is 1. The number of ether oxygens (including phenoxy) is 1. The van der Waals surface area contributed by atoms with E-state index in [0.717, 1.165) is 31.4 Å². The first-order valence-corrected chi connectivity index (χ1v) is 6.10. The number of nitrogens with zero attached hydrogens (tertiary/aromatic N) is 1. The average molecular weight is 214 g/mol.